The molecular formula is C10H12FNO. The van der Waals surface area contributed by atoms with Crippen LogP contribution in [0.3, 0.4) is 0 Å². The minimum Gasteiger partial charge on any atom is -0.385 e. The SMILES string of the molecule is CC1CCC1(O)c1ccncc1F. The lowest BCUT2D eigenvalue weighted by molar-refractivity contribution is -0.0955. The van der Waals surface area contributed by atoms with Crippen LogP contribution in [0.4, 0.5) is 4.39 Å². The Bertz CT molecular complexity index is 328. The first kappa shape index (κ1) is 8.63. The molecule has 0 amide bonds. The molecule has 1 aliphatic rings. The number of hydrogen-bond donors (Lipinski definition) is 1. The molecule has 2 nitrogen and oxygen atoms in total. The van der Waals surface area contributed by atoms with E-state index in [1.165, 1.54) is 6.20 Å². The van der Waals surface area contributed by atoms with Crippen molar-refractivity contribution in [3.63, 3.8) is 0 Å². The van der Waals surface area contributed by atoms with E-state index in [2.05, 4.69) is 4.98 Å². The van der Waals surface area contributed by atoms with Crippen LogP contribution in [0.15, 0.2) is 18.5 Å². The Labute approximate surface area is 76.4 Å². The van der Waals surface area contributed by atoms with E-state index >= 15 is 0 Å². The predicted octanol–water partition coefficient (Wildman–Crippen LogP) is 1.84. The van der Waals surface area contributed by atoms with Gasteiger partial charge >= 0.3 is 0 Å². The van der Waals surface area contributed by atoms with E-state index in [0.29, 0.717) is 12.0 Å². The molecule has 3 heteroatoms. The topological polar surface area (TPSA) is 33.1 Å². The number of rotatable bonds is 1. The number of nitrogens with zero attached hydrogens (tertiary/aromatic N) is 1. The van der Waals surface area contributed by atoms with E-state index in [-0.39, 0.29) is 5.92 Å². The average molecular weight is 181 g/mol. The van der Waals surface area contributed by atoms with Crippen molar-refractivity contribution >= 4 is 0 Å². The van der Waals surface area contributed by atoms with Gasteiger partial charge in [-0.3, -0.25) is 4.98 Å². The summed E-state index contributed by atoms with van der Waals surface area (Å²) in [7, 11) is 0. The van der Waals surface area contributed by atoms with E-state index < -0.39 is 11.4 Å². The zero-order valence-corrected chi connectivity index (χ0v) is 7.50. The molecule has 2 rings (SSSR count). The third-order valence-electron chi connectivity index (χ3n) is 3.01. The Hall–Kier alpha value is -0.960. The van der Waals surface area contributed by atoms with Crippen molar-refractivity contribution in [1.29, 1.82) is 0 Å². The quantitative estimate of drug-likeness (QED) is 0.717. The van der Waals surface area contributed by atoms with Crippen molar-refractivity contribution in [2.75, 3.05) is 0 Å². The fourth-order valence-electron chi connectivity index (χ4n) is 1.83. The standard InChI is InChI=1S/C10H12FNO/c1-7-2-4-10(7,13)8-3-5-12-6-9(8)11/h3,5-7,13H,2,4H2,1H3. The summed E-state index contributed by atoms with van der Waals surface area (Å²) < 4.78 is 13.3. The lowest BCUT2D eigenvalue weighted by Crippen LogP contribution is -2.43. The average Bonchev–Trinajstić information content (AvgIpc) is 2.15. The van der Waals surface area contributed by atoms with Crippen molar-refractivity contribution in [3.05, 3.63) is 29.8 Å². The van der Waals surface area contributed by atoms with E-state index in [0.717, 1.165) is 12.6 Å². The van der Waals surface area contributed by atoms with Gasteiger partial charge in [-0.2, -0.15) is 0 Å². The van der Waals surface area contributed by atoms with E-state index in [9.17, 15) is 9.50 Å². The maximum absolute atomic E-state index is 13.3. The zero-order chi connectivity index (χ0) is 9.47. The molecule has 0 saturated heterocycles. The summed E-state index contributed by atoms with van der Waals surface area (Å²) in [5, 5.41) is 10.1. The summed E-state index contributed by atoms with van der Waals surface area (Å²) in [6.07, 6.45) is 4.27. The summed E-state index contributed by atoms with van der Waals surface area (Å²) in [5.74, 6) is -0.263. The fraction of sp³-hybridized carbons (Fsp3) is 0.500. The van der Waals surface area contributed by atoms with Crippen molar-refractivity contribution in [2.24, 2.45) is 5.92 Å². The van der Waals surface area contributed by atoms with Gasteiger partial charge in [0, 0.05) is 11.8 Å². The number of pyridine rings is 1. The highest BCUT2D eigenvalue weighted by atomic mass is 19.1. The van der Waals surface area contributed by atoms with Gasteiger partial charge in [-0.15, -0.1) is 0 Å². The van der Waals surface area contributed by atoms with E-state index in [1.807, 2.05) is 6.92 Å². The molecule has 1 N–H and O–H groups in total. The molecule has 1 heterocycles. The van der Waals surface area contributed by atoms with Gasteiger partial charge in [0.15, 0.2) is 0 Å². The molecule has 1 fully saturated rings. The van der Waals surface area contributed by atoms with Crippen LogP contribution in [-0.2, 0) is 5.60 Å². The molecule has 0 aliphatic heterocycles. The molecule has 1 saturated carbocycles. The molecule has 0 spiro atoms. The van der Waals surface area contributed by atoms with Crippen molar-refractivity contribution < 1.29 is 9.50 Å². The first-order chi connectivity index (χ1) is 6.14. The highest BCUT2D eigenvalue weighted by Gasteiger charge is 2.45. The summed E-state index contributed by atoms with van der Waals surface area (Å²) in [6, 6.07) is 1.56. The maximum Gasteiger partial charge on any atom is 0.147 e. The summed E-state index contributed by atoms with van der Waals surface area (Å²) >= 11 is 0. The molecule has 70 valence electrons. The Morgan fingerprint density at radius 2 is 2.46 bits per heavy atom. The zero-order valence-electron chi connectivity index (χ0n) is 7.50. The van der Waals surface area contributed by atoms with Crippen LogP contribution in [0.2, 0.25) is 0 Å². The van der Waals surface area contributed by atoms with Crippen LogP contribution >= 0.6 is 0 Å². The van der Waals surface area contributed by atoms with Crippen molar-refractivity contribution in [2.45, 2.75) is 25.4 Å². The van der Waals surface area contributed by atoms with Crippen molar-refractivity contribution in [1.82, 2.24) is 4.98 Å². The molecule has 0 radical (unpaired) electrons. The first-order valence-electron chi connectivity index (χ1n) is 4.47. The third kappa shape index (κ3) is 1.15. The van der Waals surface area contributed by atoms with Crippen LogP contribution in [0.25, 0.3) is 0 Å². The Morgan fingerprint density at radius 1 is 1.69 bits per heavy atom. The molecule has 1 aromatic rings. The number of hydrogen-bond acceptors (Lipinski definition) is 2. The molecular weight excluding hydrogens is 169 g/mol. The second-order valence-electron chi connectivity index (χ2n) is 3.72. The van der Waals surface area contributed by atoms with Gasteiger partial charge in [0.05, 0.1) is 11.8 Å². The lowest BCUT2D eigenvalue weighted by atomic mass is 9.67. The summed E-state index contributed by atoms with van der Waals surface area (Å²) in [4.78, 5) is 3.66. The largest absolute Gasteiger partial charge is 0.385 e. The fourth-order valence-corrected chi connectivity index (χ4v) is 1.83. The Morgan fingerprint density at radius 3 is 2.92 bits per heavy atom. The Kier molecular flexibility index (Phi) is 1.84. The van der Waals surface area contributed by atoms with E-state index in [4.69, 9.17) is 0 Å². The molecule has 13 heavy (non-hydrogen) atoms. The van der Waals surface area contributed by atoms with Gasteiger partial charge in [-0.1, -0.05) is 6.92 Å². The molecule has 2 atom stereocenters. The highest BCUT2D eigenvalue weighted by Crippen LogP contribution is 2.46. The molecule has 1 aliphatic carbocycles. The number of halogens is 1. The van der Waals surface area contributed by atoms with Crippen LogP contribution < -0.4 is 0 Å². The van der Waals surface area contributed by atoms with Gasteiger partial charge in [0.25, 0.3) is 0 Å². The summed E-state index contributed by atoms with van der Waals surface area (Å²) in [6.45, 7) is 1.93. The van der Waals surface area contributed by atoms with Crippen LogP contribution in [0.5, 0.6) is 0 Å². The number of aromatic nitrogens is 1. The summed E-state index contributed by atoms with van der Waals surface area (Å²) in [5.41, 5.74) is -0.561. The minimum atomic E-state index is -0.951. The normalized spacial score (nSPS) is 32.7. The van der Waals surface area contributed by atoms with Crippen molar-refractivity contribution in [3.8, 4) is 0 Å². The second kappa shape index (κ2) is 2.77. The van der Waals surface area contributed by atoms with Gasteiger partial charge < -0.3 is 5.11 Å². The van der Waals surface area contributed by atoms with Gasteiger partial charge in [-0.25, -0.2) is 4.39 Å². The minimum absolute atomic E-state index is 0.143. The smallest absolute Gasteiger partial charge is 0.147 e. The lowest BCUT2D eigenvalue weighted by Gasteiger charge is -2.43. The monoisotopic (exact) mass is 181 g/mol. The second-order valence-corrected chi connectivity index (χ2v) is 3.72. The van der Waals surface area contributed by atoms with Gasteiger partial charge in [0.2, 0.25) is 0 Å². The van der Waals surface area contributed by atoms with Crippen LogP contribution in [-0.4, -0.2) is 10.1 Å². The predicted molar refractivity (Wildman–Crippen MR) is 46.5 cm³/mol. The van der Waals surface area contributed by atoms with E-state index in [1.54, 1.807) is 6.07 Å². The number of aliphatic hydroxyl groups is 1. The van der Waals surface area contributed by atoms with Crippen LogP contribution in [0.1, 0.15) is 25.3 Å². The Balaban J connectivity index is 2.40. The van der Waals surface area contributed by atoms with Gasteiger partial charge in [-0.05, 0) is 24.8 Å². The van der Waals surface area contributed by atoms with Gasteiger partial charge in [0.1, 0.15) is 5.82 Å². The highest BCUT2D eigenvalue weighted by molar-refractivity contribution is 5.24. The molecule has 1 aromatic heterocycles. The molecule has 0 bridgehead atoms. The maximum atomic E-state index is 13.3. The molecule has 0 aromatic carbocycles. The van der Waals surface area contributed by atoms with Crippen LogP contribution in [0, 0.1) is 11.7 Å². The third-order valence-corrected chi connectivity index (χ3v) is 3.01. The first-order valence-corrected chi connectivity index (χ1v) is 4.47. The molecule has 2 unspecified atom stereocenters.